The number of benzene rings is 2. The number of hydrogen-bond donors (Lipinski definition) is 2. The lowest BCUT2D eigenvalue weighted by atomic mass is 10.1. The highest BCUT2D eigenvalue weighted by molar-refractivity contribution is 7.90. The molecule has 0 saturated carbocycles. The molecule has 0 bridgehead atoms. The van der Waals surface area contributed by atoms with Gasteiger partial charge >= 0.3 is 0 Å². The topological polar surface area (TPSA) is 58.2 Å². The van der Waals surface area contributed by atoms with E-state index in [4.69, 9.17) is 12.2 Å². The number of thiocarbonyl (C=S) groups is 1. The van der Waals surface area contributed by atoms with Crippen LogP contribution in [0.15, 0.2) is 47.4 Å². The lowest BCUT2D eigenvalue weighted by molar-refractivity contribution is 0.602. The summed E-state index contributed by atoms with van der Waals surface area (Å²) in [6.07, 6.45) is 1.20. The van der Waals surface area contributed by atoms with Crippen LogP contribution >= 0.6 is 12.2 Å². The first kappa shape index (κ1) is 17.4. The highest BCUT2D eigenvalue weighted by Gasteiger charge is 2.06. The molecule has 0 aromatic heterocycles. The van der Waals surface area contributed by atoms with Crippen LogP contribution in [-0.4, -0.2) is 19.8 Å². The van der Waals surface area contributed by atoms with Crippen LogP contribution in [0.5, 0.6) is 0 Å². The molecule has 0 heterocycles. The minimum absolute atomic E-state index is 0.317. The predicted molar refractivity (Wildman–Crippen MR) is 98.5 cm³/mol. The summed E-state index contributed by atoms with van der Waals surface area (Å²) in [5, 5.41) is 6.78. The summed E-state index contributed by atoms with van der Waals surface area (Å²) < 4.78 is 22.8. The standard InChI is InChI=1S/C17H20N2O2S2/c1-12-4-7-15(10-13(12)2)19-17(22)18-11-14-5-8-16(9-6-14)23(3,20)21/h4-10H,11H2,1-3H3,(H2,18,19,22). The summed E-state index contributed by atoms with van der Waals surface area (Å²) >= 11 is 5.28. The molecule has 2 N–H and O–H groups in total. The van der Waals surface area contributed by atoms with Crippen molar-refractivity contribution in [2.75, 3.05) is 11.6 Å². The van der Waals surface area contributed by atoms with E-state index >= 15 is 0 Å². The largest absolute Gasteiger partial charge is 0.358 e. The minimum atomic E-state index is -3.16. The van der Waals surface area contributed by atoms with Crippen molar-refractivity contribution in [2.24, 2.45) is 0 Å². The SMILES string of the molecule is Cc1ccc(NC(=S)NCc2ccc(S(C)(=O)=O)cc2)cc1C. The first-order chi connectivity index (χ1) is 10.8. The van der Waals surface area contributed by atoms with Gasteiger partial charge in [-0.1, -0.05) is 18.2 Å². The van der Waals surface area contributed by atoms with Gasteiger partial charge in [0.1, 0.15) is 0 Å². The van der Waals surface area contributed by atoms with Crippen molar-refractivity contribution in [1.82, 2.24) is 5.32 Å². The molecule has 0 unspecified atom stereocenters. The van der Waals surface area contributed by atoms with Crippen LogP contribution in [0, 0.1) is 13.8 Å². The van der Waals surface area contributed by atoms with Crippen molar-refractivity contribution < 1.29 is 8.42 Å². The Labute approximate surface area is 142 Å². The summed E-state index contributed by atoms with van der Waals surface area (Å²) in [4.78, 5) is 0.317. The molecule has 6 heteroatoms. The summed E-state index contributed by atoms with van der Waals surface area (Å²) in [7, 11) is -3.16. The number of sulfone groups is 1. The van der Waals surface area contributed by atoms with E-state index in [1.54, 1.807) is 24.3 Å². The second-order valence-corrected chi connectivity index (χ2v) is 7.95. The maximum Gasteiger partial charge on any atom is 0.175 e. The van der Waals surface area contributed by atoms with Gasteiger partial charge in [0.15, 0.2) is 14.9 Å². The van der Waals surface area contributed by atoms with Gasteiger partial charge in [-0.05, 0) is 67.0 Å². The van der Waals surface area contributed by atoms with E-state index in [-0.39, 0.29) is 0 Å². The summed E-state index contributed by atoms with van der Waals surface area (Å²) in [6, 6.07) is 12.8. The smallest absolute Gasteiger partial charge is 0.175 e. The third-order valence-electron chi connectivity index (χ3n) is 3.57. The molecule has 2 aromatic rings. The molecule has 2 aromatic carbocycles. The molecule has 0 aliphatic carbocycles. The highest BCUT2D eigenvalue weighted by atomic mass is 32.2. The zero-order valence-electron chi connectivity index (χ0n) is 13.4. The van der Waals surface area contributed by atoms with Crippen LogP contribution in [0.1, 0.15) is 16.7 Å². The van der Waals surface area contributed by atoms with Gasteiger partial charge in [0.25, 0.3) is 0 Å². The second-order valence-electron chi connectivity index (χ2n) is 5.52. The molecule has 0 spiro atoms. The van der Waals surface area contributed by atoms with E-state index in [2.05, 4.69) is 24.5 Å². The van der Waals surface area contributed by atoms with Crippen molar-refractivity contribution >= 4 is 32.9 Å². The van der Waals surface area contributed by atoms with Crippen molar-refractivity contribution in [1.29, 1.82) is 0 Å². The van der Waals surface area contributed by atoms with E-state index in [1.807, 2.05) is 18.2 Å². The number of rotatable bonds is 4. The molecule has 2 rings (SSSR count). The van der Waals surface area contributed by atoms with Gasteiger partial charge in [0.05, 0.1) is 4.90 Å². The van der Waals surface area contributed by atoms with E-state index in [1.165, 1.54) is 17.4 Å². The number of anilines is 1. The maximum atomic E-state index is 11.4. The first-order valence-corrected chi connectivity index (χ1v) is 9.47. The average Bonchev–Trinajstić information content (AvgIpc) is 2.48. The zero-order valence-corrected chi connectivity index (χ0v) is 15.0. The van der Waals surface area contributed by atoms with Crippen molar-refractivity contribution in [3.8, 4) is 0 Å². The first-order valence-electron chi connectivity index (χ1n) is 7.17. The van der Waals surface area contributed by atoms with Gasteiger partial charge in [-0.2, -0.15) is 0 Å². The van der Waals surface area contributed by atoms with Crippen molar-refractivity contribution in [2.45, 2.75) is 25.3 Å². The lowest BCUT2D eigenvalue weighted by Gasteiger charge is -2.12. The maximum absolute atomic E-state index is 11.4. The number of hydrogen-bond acceptors (Lipinski definition) is 3. The Morgan fingerprint density at radius 1 is 1.04 bits per heavy atom. The fraction of sp³-hybridized carbons (Fsp3) is 0.235. The Morgan fingerprint density at radius 2 is 1.70 bits per heavy atom. The van der Waals surface area contributed by atoms with Crippen LogP contribution < -0.4 is 10.6 Å². The van der Waals surface area contributed by atoms with E-state index in [0.717, 1.165) is 11.3 Å². The third-order valence-corrected chi connectivity index (χ3v) is 4.94. The normalized spacial score (nSPS) is 11.1. The van der Waals surface area contributed by atoms with Crippen LogP contribution in [-0.2, 0) is 16.4 Å². The van der Waals surface area contributed by atoms with Gasteiger partial charge in [-0.15, -0.1) is 0 Å². The molecule has 122 valence electrons. The van der Waals surface area contributed by atoms with Gasteiger partial charge in [0.2, 0.25) is 0 Å². The summed E-state index contributed by atoms with van der Waals surface area (Å²) in [6.45, 7) is 4.65. The Balaban J connectivity index is 1.92. The molecule has 0 aliphatic rings. The van der Waals surface area contributed by atoms with E-state index in [0.29, 0.717) is 16.6 Å². The van der Waals surface area contributed by atoms with Gasteiger partial charge in [0, 0.05) is 18.5 Å². The Hall–Kier alpha value is -1.92. The van der Waals surface area contributed by atoms with Gasteiger partial charge < -0.3 is 10.6 Å². The monoisotopic (exact) mass is 348 g/mol. The average molecular weight is 348 g/mol. The van der Waals surface area contributed by atoms with Gasteiger partial charge in [-0.25, -0.2) is 8.42 Å². The quantitative estimate of drug-likeness (QED) is 0.831. The third kappa shape index (κ3) is 5.04. The minimum Gasteiger partial charge on any atom is -0.358 e. The Bertz CT molecular complexity index is 813. The van der Waals surface area contributed by atoms with E-state index in [9.17, 15) is 8.42 Å². The summed E-state index contributed by atoms with van der Waals surface area (Å²) in [5.74, 6) is 0. The van der Waals surface area contributed by atoms with Gasteiger partial charge in [-0.3, -0.25) is 0 Å². The fourth-order valence-corrected chi connectivity index (χ4v) is 2.85. The molecular formula is C17H20N2O2S2. The number of nitrogens with one attached hydrogen (secondary N) is 2. The predicted octanol–water partition coefficient (Wildman–Crippen LogP) is 3.19. The van der Waals surface area contributed by atoms with E-state index < -0.39 is 9.84 Å². The Kier molecular flexibility index (Phi) is 5.38. The molecule has 0 amide bonds. The van der Waals surface area contributed by atoms with Crippen LogP contribution in [0.2, 0.25) is 0 Å². The van der Waals surface area contributed by atoms with Crippen LogP contribution in [0.3, 0.4) is 0 Å². The van der Waals surface area contributed by atoms with Crippen LogP contribution in [0.25, 0.3) is 0 Å². The second kappa shape index (κ2) is 7.10. The molecular weight excluding hydrogens is 328 g/mol. The molecule has 4 nitrogen and oxygen atoms in total. The molecule has 0 radical (unpaired) electrons. The molecule has 23 heavy (non-hydrogen) atoms. The zero-order chi connectivity index (χ0) is 17.0. The van der Waals surface area contributed by atoms with Crippen LogP contribution in [0.4, 0.5) is 5.69 Å². The highest BCUT2D eigenvalue weighted by Crippen LogP contribution is 2.14. The molecule has 0 saturated heterocycles. The Morgan fingerprint density at radius 3 is 2.26 bits per heavy atom. The molecule has 0 aliphatic heterocycles. The fourth-order valence-electron chi connectivity index (χ4n) is 2.03. The lowest BCUT2D eigenvalue weighted by Crippen LogP contribution is -2.27. The summed E-state index contributed by atoms with van der Waals surface area (Å²) in [5.41, 5.74) is 4.34. The molecule has 0 fully saturated rings. The van der Waals surface area contributed by atoms with Crippen molar-refractivity contribution in [3.05, 3.63) is 59.2 Å². The van der Waals surface area contributed by atoms with Crippen molar-refractivity contribution in [3.63, 3.8) is 0 Å². The molecule has 0 atom stereocenters. The number of aryl methyl sites for hydroxylation is 2.